The van der Waals surface area contributed by atoms with Gasteiger partial charge >= 0.3 is 0 Å². The maximum Gasteiger partial charge on any atom is 0.128 e. The van der Waals surface area contributed by atoms with E-state index in [2.05, 4.69) is 10.3 Å². The molecule has 0 aliphatic carbocycles. The fourth-order valence-electron chi connectivity index (χ4n) is 2.12. The molecule has 0 aliphatic rings. The minimum Gasteiger partial charge on any atom is -0.305 e. The molecule has 0 bridgehead atoms. The third kappa shape index (κ3) is 3.39. The van der Waals surface area contributed by atoms with E-state index < -0.39 is 17.7 Å². The third-order valence-corrected chi connectivity index (χ3v) is 3.10. The number of rotatable bonds is 5. The summed E-state index contributed by atoms with van der Waals surface area (Å²) in [6.07, 6.45) is 2.59. The Labute approximate surface area is 117 Å². The van der Waals surface area contributed by atoms with Crippen LogP contribution in [0.15, 0.2) is 36.5 Å². The normalized spacial score (nSPS) is 12.4. The van der Waals surface area contributed by atoms with E-state index in [1.807, 2.05) is 26.0 Å². The largest absolute Gasteiger partial charge is 0.305 e. The molecular formula is C16H18F2N2. The summed E-state index contributed by atoms with van der Waals surface area (Å²) in [6.45, 7) is 4.68. The van der Waals surface area contributed by atoms with Gasteiger partial charge in [0.2, 0.25) is 0 Å². The van der Waals surface area contributed by atoms with Gasteiger partial charge in [0.1, 0.15) is 11.6 Å². The van der Waals surface area contributed by atoms with Gasteiger partial charge in [0.05, 0.1) is 11.7 Å². The number of aryl methyl sites for hydroxylation is 1. The number of hydrogen-bond acceptors (Lipinski definition) is 2. The Bertz CT molecular complexity index is 584. The van der Waals surface area contributed by atoms with E-state index in [0.29, 0.717) is 12.2 Å². The predicted octanol–water partition coefficient (Wildman–Crippen LogP) is 3.76. The zero-order chi connectivity index (χ0) is 14.5. The summed E-state index contributed by atoms with van der Waals surface area (Å²) in [4.78, 5) is 4.29. The molecule has 2 aromatic rings. The average molecular weight is 276 g/mol. The quantitative estimate of drug-likeness (QED) is 0.899. The lowest BCUT2D eigenvalue weighted by molar-refractivity contribution is 0.529. The first-order valence-electron chi connectivity index (χ1n) is 6.72. The molecule has 1 unspecified atom stereocenters. The number of nitrogens with zero attached hydrogens (tertiary/aromatic N) is 1. The minimum absolute atomic E-state index is 0.288. The Morgan fingerprint density at radius 2 is 2.00 bits per heavy atom. The fraction of sp³-hybridized carbons (Fsp3) is 0.312. The van der Waals surface area contributed by atoms with Gasteiger partial charge in [0.15, 0.2) is 0 Å². The molecule has 0 spiro atoms. The summed E-state index contributed by atoms with van der Waals surface area (Å²) in [5.41, 5.74) is 2.02. The van der Waals surface area contributed by atoms with E-state index in [9.17, 15) is 8.78 Å². The van der Waals surface area contributed by atoms with E-state index in [1.54, 1.807) is 6.20 Å². The van der Waals surface area contributed by atoms with Crippen LogP contribution in [0.3, 0.4) is 0 Å². The molecule has 1 N–H and O–H groups in total. The van der Waals surface area contributed by atoms with Gasteiger partial charge in [-0.1, -0.05) is 6.92 Å². The Morgan fingerprint density at radius 3 is 2.70 bits per heavy atom. The molecule has 0 saturated carbocycles. The standard InChI is InChI=1S/C16H18F2N2/c1-3-7-20-16(15-9-11(2)6-8-19-15)13-10-12(17)4-5-14(13)18/h4-6,8-10,16,20H,3,7H2,1-2H3. The van der Waals surface area contributed by atoms with E-state index >= 15 is 0 Å². The van der Waals surface area contributed by atoms with Gasteiger partial charge in [-0.05, 0) is 55.8 Å². The summed E-state index contributed by atoms with van der Waals surface area (Å²) in [6, 6.07) is 6.83. The van der Waals surface area contributed by atoms with Crippen molar-refractivity contribution in [3.63, 3.8) is 0 Å². The van der Waals surface area contributed by atoms with Gasteiger partial charge in [-0.3, -0.25) is 4.98 Å². The second-order valence-electron chi connectivity index (χ2n) is 4.81. The third-order valence-electron chi connectivity index (χ3n) is 3.10. The molecule has 0 saturated heterocycles. The van der Waals surface area contributed by atoms with Crippen LogP contribution in [0.1, 0.15) is 36.2 Å². The van der Waals surface area contributed by atoms with Crippen LogP contribution < -0.4 is 5.32 Å². The van der Waals surface area contributed by atoms with Crippen molar-refractivity contribution in [2.45, 2.75) is 26.3 Å². The summed E-state index contributed by atoms with van der Waals surface area (Å²) in [7, 11) is 0. The Morgan fingerprint density at radius 1 is 1.20 bits per heavy atom. The molecule has 0 fully saturated rings. The van der Waals surface area contributed by atoms with Crippen LogP contribution in [0.5, 0.6) is 0 Å². The zero-order valence-electron chi connectivity index (χ0n) is 11.7. The van der Waals surface area contributed by atoms with E-state index in [0.717, 1.165) is 24.1 Å². The van der Waals surface area contributed by atoms with Crippen molar-refractivity contribution in [2.75, 3.05) is 6.54 Å². The monoisotopic (exact) mass is 276 g/mol. The highest BCUT2D eigenvalue weighted by Crippen LogP contribution is 2.24. The maximum atomic E-state index is 14.0. The molecule has 0 radical (unpaired) electrons. The Balaban J connectivity index is 2.44. The second kappa shape index (κ2) is 6.57. The molecule has 1 aromatic carbocycles. The van der Waals surface area contributed by atoms with Gasteiger partial charge < -0.3 is 5.32 Å². The summed E-state index contributed by atoms with van der Waals surface area (Å²) >= 11 is 0. The first-order valence-corrected chi connectivity index (χ1v) is 6.72. The zero-order valence-corrected chi connectivity index (χ0v) is 11.7. The van der Waals surface area contributed by atoms with Crippen LogP contribution in [0.25, 0.3) is 0 Å². The maximum absolute atomic E-state index is 14.0. The van der Waals surface area contributed by atoms with Crippen molar-refractivity contribution in [2.24, 2.45) is 0 Å². The molecule has 1 atom stereocenters. The van der Waals surface area contributed by atoms with E-state index in [-0.39, 0.29) is 5.56 Å². The number of aromatic nitrogens is 1. The van der Waals surface area contributed by atoms with Crippen molar-refractivity contribution in [1.82, 2.24) is 10.3 Å². The van der Waals surface area contributed by atoms with Gasteiger partial charge in [-0.2, -0.15) is 0 Å². The molecule has 1 aromatic heterocycles. The summed E-state index contributed by atoms with van der Waals surface area (Å²) in [5.74, 6) is -0.874. The van der Waals surface area contributed by atoms with Crippen LogP contribution in [-0.2, 0) is 0 Å². The highest BCUT2D eigenvalue weighted by Gasteiger charge is 2.19. The molecule has 20 heavy (non-hydrogen) atoms. The van der Waals surface area contributed by atoms with Gasteiger partial charge in [0.25, 0.3) is 0 Å². The first-order chi connectivity index (χ1) is 9.61. The lowest BCUT2D eigenvalue weighted by Gasteiger charge is -2.19. The topological polar surface area (TPSA) is 24.9 Å². The molecule has 1 heterocycles. The SMILES string of the molecule is CCCNC(c1cc(C)ccn1)c1cc(F)ccc1F. The van der Waals surface area contributed by atoms with Crippen molar-refractivity contribution in [3.05, 3.63) is 65.0 Å². The molecule has 0 amide bonds. The van der Waals surface area contributed by atoms with Crippen LogP contribution in [0.2, 0.25) is 0 Å². The van der Waals surface area contributed by atoms with Gasteiger partial charge in [0, 0.05) is 11.8 Å². The first kappa shape index (κ1) is 14.6. The average Bonchev–Trinajstić information content (AvgIpc) is 2.43. The predicted molar refractivity (Wildman–Crippen MR) is 75.5 cm³/mol. The Hall–Kier alpha value is -1.81. The minimum atomic E-state index is -0.447. The molecular weight excluding hydrogens is 258 g/mol. The number of halogens is 2. The molecule has 0 aliphatic heterocycles. The van der Waals surface area contributed by atoms with Crippen molar-refractivity contribution in [3.8, 4) is 0 Å². The highest BCUT2D eigenvalue weighted by molar-refractivity contribution is 5.31. The highest BCUT2D eigenvalue weighted by atomic mass is 19.1. The molecule has 106 valence electrons. The van der Waals surface area contributed by atoms with Crippen LogP contribution in [-0.4, -0.2) is 11.5 Å². The van der Waals surface area contributed by atoms with Crippen molar-refractivity contribution < 1.29 is 8.78 Å². The number of nitrogens with one attached hydrogen (secondary N) is 1. The molecule has 2 rings (SSSR count). The van der Waals surface area contributed by atoms with E-state index in [4.69, 9.17) is 0 Å². The van der Waals surface area contributed by atoms with Crippen LogP contribution >= 0.6 is 0 Å². The lowest BCUT2D eigenvalue weighted by Crippen LogP contribution is -2.25. The van der Waals surface area contributed by atoms with E-state index in [1.165, 1.54) is 6.07 Å². The fourth-order valence-corrected chi connectivity index (χ4v) is 2.12. The van der Waals surface area contributed by atoms with Crippen LogP contribution in [0, 0.1) is 18.6 Å². The summed E-state index contributed by atoms with van der Waals surface area (Å²) in [5, 5.41) is 3.23. The van der Waals surface area contributed by atoms with Gasteiger partial charge in [-0.25, -0.2) is 8.78 Å². The smallest absolute Gasteiger partial charge is 0.128 e. The number of hydrogen-bond donors (Lipinski definition) is 1. The second-order valence-corrected chi connectivity index (χ2v) is 4.81. The summed E-state index contributed by atoms with van der Waals surface area (Å²) < 4.78 is 27.4. The number of benzene rings is 1. The lowest BCUT2D eigenvalue weighted by atomic mass is 10.0. The molecule has 2 nitrogen and oxygen atoms in total. The van der Waals surface area contributed by atoms with Crippen LogP contribution in [0.4, 0.5) is 8.78 Å². The van der Waals surface area contributed by atoms with Crippen molar-refractivity contribution >= 4 is 0 Å². The number of pyridine rings is 1. The van der Waals surface area contributed by atoms with Crippen molar-refractivity contribution in [1.29, 1.82) is 0 Å². The van der Waals surface area contributed by atoms with Gasteiger partial charge in [-0.15, -0.1) is 0 Å². The molecule has 4 heteroatoms. The Kier molecular flexibility index (Phi) is 4.79.